The van der Waals surface area contributed by atoms with Crippen molar-refractivity contribution in [3.63, 3.8) is 0 Å². The van der Waals surface area contributed by atoms with Crippen molar-refractivity contribution in [2.24, 2.45) is 0 Å². The molecule has 1 aliphatic heterocycles. The maximum Gasteiger partial charge on any atom is 0.318 e. The zero-order valence-corrected chi connectivity index (χ0v) is 20.2. The van der Waals surface area contributed by atoms with Crippen LogP contribution in [0.5, 0.6) is 0 Å². The summed E-state index contributed by atoms with van der Waals surface area (Å²) < 4.78 is 9.60. The average molecular weight is 470 g/mol. The van der Waals surface area contributed by atoms with Gasteiger partial charge < -0.3 is 19.5 Å². The first kappa shape index (κ1) is 22.9. The summed E-state index contributed by atoms with van der Waals surface area (Å²) in [6, 6.07) is 24.2. The third-order valence-electron chi connectivity index (χ3n) is 6.41. The number of urea groups is 1. The first-order chi connectivity index (χ1) is 17.2. The summed E-state index contributed by atoms with van der Waals surface area (Å²) in [5, 5.41) is 8.01. The van der Waals surface area contributed by atoms with E-state index in [1.165, 1.54) is 0 Å². The van der Waals surface area contributed by atoms with Crippen LogP contribution in [0.25, 0.3) is 11.5 Å². The maximum absolute atomic E-state index is 13.6. The molecule has 0 unspecified atom stereocenters. The van der Waals surface area contributed by atoms with Crippen LogP contribution in [0.4, 0.5) is 4.79 Å². The van der Waals surface area contributed by atoms with Crippen LogP contribution in [0.3, 0.4) is 0 Å². The van der Waals surface area contributed by atoms with E-state index in [9.17, 15) is 4.79 Å². The van der Waals surface area contributed by atoms with E-state index in [4.69, 9.17) is 9.84 Å². The smallest absolute Gasteiger partial charge is 0.318 e. The molecular weight excluding hydrogens is 438 g/mol. The Kier molecular flexibility index (Phi) is 6.68. The highest BCUT2D eigenvalue weighted by molar-refractivity contribution is 5.76. The quantitative estimate of drug-likeness (QED) is 0.387. The van der Waals surface area contributed by atoms with Crippen molar-refractivity contribution in [2.45, 2.75) is 32.9 Å². The average Bonchev–Trinajstić information content (AvgIpc) is 3.45. The first-order valence-electron chi connectivity index (χ1n) is 12.2. The maximum atomic E-state index is 13.6. The molecule has 0 aliphatic carbocycles. The lowest BCUT2D eigenvalue weighted by Crippen LogP contribution is -2.42. The van der Waals surface area contributed by atoms with Crippen molar-refractivity contribution in [3.05, 3.63) is 102 Å². The second-order valence-electron chi connectivity index (χ2n) is 8.66. The largest absolute Gasteiger partial charge is 0.382 e. The number of hydrogen-bond acceptors (Lipinski definition) is 3. The van der Waals surface area contributed by atoms with Crippen LogP contribution in [-0.2, 0) is 11.3 Å². The standard InChI is InChI=1S/C28H31N5O2/c1-3-35-19-11-17-29-28(34)32-20-24-21(2)30-33(23-14-8-5-9-15-23)27(24)31-18-10-16-25(31)26(32)22-12-6-4-7-13-22/h4-10,12-16,18,26H,3,11,17,19-20H2,1-2H3,(H,29,34)/t26-/m0/s1. The van der Waals surface area contributed by atoms with Gasteiger partial charge in [-0.05, 0) is 50.1 Å². The predicted octanol–water partition coefficient (Wildman–Crippen LogP) is 5.01. The fourth-order valence-corrected chi connectivity index (χ4v) is 4.75. The lowest BCUT2D eigenvalue weighted by Gasteiger charge is -2.31. The highest BCUT2D eigenvalue weighted by atomic mass is 16.5. The van der Waals surface area contributed by atoms with Gasteiger partial charge in [-0.15, -0.1) is 0 Å². The monoisotopic (exact) mass is 469 g/mol. The fourth-order valence-electron chi connectivity index (χ4n) is 4.75. The number of amides is 2. The molecule has 0 saturated heterocycles. The van der Waals surface area contributed by atoms with Gasteiger partial charge in [0.2, 0.25) is 0 Å². The number of ether oxygens (including phenoxy) is 1. The van der Waals surface area contributed by atoms with Crippen molar-refractivity contribution in [1.82, 2.24) is 24.6 Å². The zero-order valence-electron chi connectivity index (χ0n) is 20.2. The summed E-state index contributed by atoms with van der Waals surface area (Å²) in [4.78, 5) is 15.6. The molecule has 7 heteroatoms. The van der Waals surface area contributed by atoms with Crippen molar-refractivity contribution in [1.29, 1.82) is 0 Å². The Balaban J connectivity index is 1.60. The molecule has 1 N–H and O–H groups in total. The number of carbonyl (C=O) groups excluding carboxylic acids is 1. The Morgan fingerprint density at radius 3 is 2.54 bits per heavy atom. The number of rotatable bonds is 7. The second-order valence-corrected chi connectivity index (χ2v) is 8.66. The molecule has 2 aromatic heterocycles. The highest BCUT2D eigenvalue weighted by Crippen LogP contribution is 2.38. The van der Waals surface area contributed by atoms with E-state index < -0.39 is 0 Å². The highest BCUT2D eigenvalue weighted by Gasteiger charge is 2.35. The van der Waals surface area contributed by atoms with Gasteiger partial charge >= 0.3 is 6.03 Å². The summed E-state index contributed by atoms with van der Waals surface area (Å²) >= 11 is 0. The number of hydrogen-bond donors (Lipinski definition) is 1. The van der Waals surface area contributed by atoms with Crippen LogP contribution in [0.15, 0.2) is 79.0 Å². The van der Waals surface area contributed by atoms with Gasteiger partial charge in [-0.2, -0.15) is 5.10 Å². The number of aryl methyl sites for hydroxylation is 1. The number of aromatic nitrogens is 3. The van der Waals surface area contributed by atoms with Gasteiger partial charge in [0.05, 0.1) is 29.7 Å². The SMILES string of the molecule is CCOCCCNC(=O)N1Cc2c(C)nn(-c3ccccc3)c2-n2cccc2[C@@H]1c1ccccc1. The summed E-state index contributed by atoms with van der Waals surface area (Å²) in [6.07, 6.45) is 2.84. The molecule has 7 nitrogen and oxygen atoms in total. The molecule has 1 atom stereocenters. The minimum Gasteiger partial charge on any atom is -0.382 e. The van der Waals surface area contributed by atoms with Crippen LogP contribution in [0.1, 0.15) is 41.9 Å². The molecule has 2 amide bonds. The molecule has 0 bridgehead atoms. The lowest BCUT2D eigenvalue weighted by atomic mass is 10.0. The third-order valence-corrected chi connectivity index (χ3v) is 6.41. The molecule has 4 aromatic rings. The van der Waals surface area contributed by atoms with Crippen LogP contribution < -0.4 is 5.32 Å². The van der Waals surface area contributed by atoms with E-state index in [2.05, 4.69) is 46.4 Å². The molecule has 3 heterocycles. The van der Waals surface area contributed by atoms with Crippen LogP contribution in [-0.4, -0.2) is 45.0 Å². The van der Waals surface area contributed by atoms with Crippen molar-refractivity contribution in [2.75, 3.05) is 19.8 Å². The van der Waals surface area contributed by atoms with Crippen LogP contribution in [0, 0.1) is 6.92 Å². The Hall–Kier alpha value is -3.84. The number of nitrogens with one attached hydrogen (secondary N) is 1. The van der Waals surface area contributed by atoms with Gasteiger partial charge in [-0.25, -0.2) is 9.48 Å². The summed E-state index contributed by atoms with van der Waals surface area (Å²) in [5.74, 6) is 0.973. The normalized spacial score (nSPS) is 14.8. The lowest BCUT2D eigenvalue weighted by molar-refractivity contribution is 0.143. The van der Waals surface area contributed by atoms with E-state index in [-0.39, 0.29) is 12.1 Å². The van der Waals surface area contributed by atoms with E-state index in [0.29, 0.717) is 26.3 Å². The topological polar surface area (TPSA) is 64.3 Å². The van der Waals surface area contributed by atoms with Crippen molar-refractivity contribution in [3.8, 4) is 11.5 Å². The number of carbonyl (C=O) groups is 1. The molecule has 0 spiro atoms. The minimum absolute atomic E-state index is 0.0946. The van der Waals surface area contributed by atoms with Gasteiger partial charge in [0.25, 0.3) is 0 Å². The molecule has 180 valence electrons. The van der Waals surface area contributed by atoms with Crippen LogP contribution >= 0.6 is 0 Å². The third kappa shape index (κ3) is 4.47. The number of benzene rings is 2. The fraction of sp³-hybridized carbons (Fsp3) is 0.286. The van der Waals surface area contributed by atoms with Gasteiger partial charge in [-0.3, -0.25) is 0 Å². The molecule has 2 aromatic carbocycles. The molecule has 1 aliphatic rings. The first-order valence-corrected chi connectivity index (χ1v) is 12.2. The Bertz CT molecular complexity index is 1280. The second kappa shape index (κ2) is 10.2. The van der Waals surface area contributed by atoms with Gasteiger partial charge in [0.15, 0.2) is 0 Å². The minimum atomic E-state index is -0.242. The Morgan fingerprint density at radius 2 is 1.80 bits per heavy atom. The molecule has 0 fully saturated rings. The summed E-state index contributed by atoms with van der Waals surface area (Å²) in [7, 11) is 0. The molecule has 0 saturated carbocycles. The number of nitrogens with zero attached hydrogens (tertiary/aromatic N) is 4. The number of para-hydroxylation sites is 1. The van der Waals surface area contributed by atoms with E-state index >= 15 is 0 Å². The van der Waals surface area contributed by atoms with Gasteiger partial charge in [0, 0.05) is 31.5 Å². The Morgan fingerprint density at radius 1 is 1.06 bits per heavy atom. The molecule has 35 heavy (non-hydrogen) atoms. The molecular formula is C28H31N5O2. The Labute approximate surface area is 205 Å². The van der Waals surface area contributed by atoms with Crippen molar-refractivity contribution < 1.29 is 9.53 Å². The summed E-state index contributed by atoms with van der Waals surface area (Å²) in [6.45, 7) is 6.32. The van der Waals surface area contributed by atoms with Gasteiger partial charge in [-0.1, -0.05) is 48.5 Å². The van der Waals surface area contributed by atoms with E-state index in [1.54, 1.807) is 0 Å². The summed E-state index contributed by atoms with van der Waals surface area (Å²) in [5.41, 5.74) is 5.03. The van der Waals surface area contributed by atoms with E-state index in [0.717, 1.165) is 40.4 Å². The molecule has 0 radical (unpaired) electrons. The molecule has 5 rings (SSSR count). The van der Waals surface area contributed by atoms with Crippen LogP contribution in [0.2, 0.25) is 0 Å². The predicted molar refractivity (Wildman–Crippen MR) is 136 cm³/mol. The number of fused-ring (bicyclic) bond motifs is 3. The zero-order chi connectivity index (χ0) is 24.2. The van der Waals surface area contributed by atoms with Gasteiger partial charge in [0.1, 0.15) is 5.82 Å². The van der Waals surface area contributed by atoms with Crippen molar-refractivity contribution >= 4 is 6.03 Å². The van der Waals surface area contributed by atoms with E-state index in [1.807, 2.05) is 65.9 Å².